The van der Waals surface area contributed by atoms with Crippen molar-refractivity contribution in [2.45, 2.75) is 37.9 Å². The molecular weight excluding hydrogens is 200 g/mol. The summed E-state index contributed by atoms with van der Waals surface area (Å²) < 4.78 is 6.11. The van der Waals surface area contributed by atoms with Gasteiger partial charge in [-0.25, -0.2) is 0 Å². The third kappa shape index (κ3) is 3.37. The Bertz CT molecular complexity index is 124. The minimum absolute atomic E-state index is 0.592. The third-order valence-electron chi connectivity index (χ3n) is 2.72. The van der Waals surface area contributed by atoms with Crippen molar-refractivity contribution in [3.05, 3.63) is 0 Å². The average Bonchev–Trinajstić information content (AvgIpc) is 2.21. The Hall–Kier alpha value is 0.660. The summed E-state index contributed by atoms with van der Waals surface area (Å²) in [6.45, 7) is 0. The summed E-state index contributed by atoms with van der Waals surface area (Å²) in [5, 5.41) is 0. The lowest BCUT2D eigenvalue weighted by Crippen LogP contribution is -2.28. The van der Waals surface area contributed by atoms with Crippen LogP contribution in [0.5, 0.6) is 0 Å². The van der Waals surface area contributed by atoms with Crippen LogP contribution in [0.2, 0.25) is 0 Å². The van der Waals surface area contributed by atoms with Gasteiger partial charge in [0.2, 0.25) is 0 Å². The van der Waals surface area contributed by atoms with Gasteiger partial charge in [0.05, 0.1) is 12.2 Å². The smallest absolute Gasteiger partial charge is 0.0594 e. The highest BCUT2D eigenvalue weighted by atomic mass is 32.2. The van der Waals surface area contributed by atoms with E-state index in [1.54, 1.807) is 0 Å². The van der Waals surface area contributed by atoms with Gasteiger partial charge in [0.25, 0.3) is 0 Å². The van der Waals surface area contributed by atoms with Gasteiger partial charge in [-0.3, -0.25) is 0 Å². The van der Waals surface area contributed by atoms with E-state index in [0.717, 1.165) is 0 Å². The molecule has 2 saturated heterocycles. The summed E-state index contributed by atoms with van der Waals surface area (Å²) in [4.78, 5) is 0. The van der Waals surface area contributed by atoms with Crippen LogP contribution in [0.25, 0.3) is 0 Å². The molecule has 2 aliphatic rings. The molecule has 2 heterocycles. The standard InChI is InChI=1S/C10H18OS2/c1-5-12-6-2-9(1)11-10-3-7-13-8-4-10/h9-10H,1-8H2. The molecule has 0 bridgehead atoms. The topological polar surface area (TPSA) is 9.23 Å². The van der Waals surface area contributed by atoms with Gasteiger partial charge in [-0.05, 0) is 48.7 Å². The van der Waals surface area contributed by atoms with Crippen LogP contribution in [0.1, 0.15) is 25.7 Å². The Morgan fingerprint density at radius 1 is 0.692 bits per heavy atom. The molecule has 0 spiro atoms. The summed E-state index contributed by atoms with van der Waals surface area (Å²) in [7, 11) is 0. The molecule has 0 aromatic rings. The fraction of sp³-hybridized carbons (Fsp3) is 1.00. The van der Waals surface area contributed by atoms with E-state index in [-0.39, 0.29) is 0 Å². The monoisotopic (exact) mass is 218 g/mol. The SMILES string of the molecule is C1CC(OC2CCSCC2)CCS1. The third-order valence-corrected chi connectivity index (χ3v) is 4.82. The maximum absolute atomic E-state index is 6.11. The summed E-state index contributed by atoms with van der Waals surface area (Å²) in [5.41, 5.74) is 0. The molecule has 13 heavy (non-hydrogen) atoms. The van der Waals surface area contributed by atoms with Crippen LogP contribution in [0.3, 0.4) is 0 Å². The minimum Gasteiger partial charge on any atom is -0.375 e. The molecular formula is C10H18OS2. The predicted molar refractivity (Wildman–Crippen MR) is 61.8 cm³/mol. The van der Waals surface area contributed by atoms with E-state index in [9.17, 15) is 0 Å². The van der Waals surface area contributed by atoms with Crippen molar-refractivity contribution in [1.82, 2.24) is 0 Å². The normalized spacial score (nSPS) is 27.7. The van der Waals surface area contributed by atoms with Crippen LogP contribution in [0, 0.1) is 0 Å². The van der Waals surface area contributed by atoms with Crippen molar-refractivity contribution in [1.29, 1.82) is 0 Å². The second kappa shape index (κ2) is 5.52. The van der Waals surface area contributed by atoms with E-state index >= 15 is 0 Å². The zero-order valence-corrected chi connectivity index (χ0v) is 9.67. The second-order valence-electron chi connectivity index (χ2n) is 3.76. The zero-order valence-electron chi connectivity index (χ0n) is 8.04. The molecule has 0 aromatic heterocycles. The molecule has 3 heteroatoms. The van der Waals surface area contributed by atoms with Crippen molar-refractivity contribution in [2.24, 2.45) is 0 Å². The maximum Gasteiger partial charge on any atom is 0.0594 e. The van der Waals surface area contributed by atoms with E-state index in [1.165, 1.54) is 48.7 Å². The molecule has 0 aromatic carbocycles. The Labute approximate surface area is 89.4 Å². The molecule has 0 radical (unpaired) electrons. The first-order chi connectivity index (χ1) is 6.45. The van der Waals surface area contributed by atoms with Gasteiger partial charge >= 0.3 is 0 Å². The predicted octanol–water partition coefficient (Wildman–Crippen LogP) is 2.79. The Balaban J connectivity index is 1.69. The van der Waals surface area contributed by atoms with Crippen LogP contribution < -0.4 is 0 Å². The van der Waals surface area contributed by atoms with Gasteiger partial charge in [0.15, 0.2) is 0 Å². The molecule has 0 aliphatic carbocycles. The largest absolute Gasteiger partial charge is 0.375 e. The molecule has 2 rings (SSSR count). The van der Waals surface area contributed by atoms with E-state index in [1.807, 2.05) is 0 Å². The lowest BCUT2D eigenvalue weighted by atomic mass is 10.1. The molecule has 0 saturated carbocycles. The van der Waals surface area contributed by atoms with Crippen LogP contribution in [-0.2, 0) is 4.74 Å². The molecule has 0 unspecified atom stereocenters. The molecule has 2 aliphatic heterocycles. The van der Waals surface area contributed by atoms with Gasteiger partial charge in [-0.1, -0.05) is 0 Å². The van der Waals surface area contributed by atoms with Gasteiger partial charge in [0, 0.05) is 0 Å². The minimum atomic E-state index is 0.592. The van der Waals surface area contributed by atoms with Gasteiger partial charge in [-0.2, -0.15) is 23.5 Å². The molecule has 2 fully saturated rings. The van der Waals surface area contributed by atoms with Crippen LogP contribution in [0.4, 0.5) is 0 Å². The highest BCUT2D eigenvalue weighted by molar-refractivity contribution is 7.99. The molecule has 0 atom stereocenters. The Morgan fingerprint density at radius 2 is 1.08 bits per heavy atom. The van der Waals surface area contributed by atoms with E-state index in [0.29, 0.717) is 12.2 Å². The van der Waals surface area contributed by atoms with Crippen LogP contribution in [-0.4, -0.2) is 35.2 Å². The summed E-state index contributed by atoms with van der Waals surface area (Å²) in [6, 6.07) is 0. The highest BCUT2D eigenvalue weighted by Crippen LogP contribution is 2.25. The molecule has 76 valence electrons. The maximum atomic E-state index is 6.11. The van der Waals surface area contributed by atoms with E-state index < -0.39 is 0 Å². The molecule has 0 amide bonds. The van der Waals surface area contributed by atoms with Crippen molar-refractivity contribution in [2.75, 3.05) is 23.0 Å². The summed E-state index contributed by atoms with van der Waals surface area (Å²) >= 11 is 4.15. The van der Waals surface area contributed by atoms with Crippen molar-refractivity contribution < 1.29 is 4.74 Å². The van der Waals surface area contributed by atoms with Gasteiger partial charge in [-0.15, -0.1) is 0 Å². The van der Waals surface area contributed by atoms with Gasteiger partial charge < -0.3 is 4.74 Å². The molecule has 0 N–H and O–H groups in total. The number of hydrogen-bond donors (Lipinski definition) is 0. The first kappa shape index (κ1) is 10.2. The van der Waals surface area contributed by atoms with E-state index in [4.69, 9.17) is 4.74 Å². The lowest BCUT2D eigenvalue weighted by Gasteiger charge is -2.29. The van der Waals surface area contributed by atoms with Gasteiger partial charge in [0.1, 0.15) is 0 Å². The number of rotatable bonds is 2. The van der Waals surface area contributed by atoms with Crippen molar-refractivity contribution >= 4 is 23.5 Å². The first-order valence-corrected chi connectivity index (χ1v) is 7.57. The molecule has 1 nitrogen and oxygen atoms in total. The lowest BCUT2D eigenvalue weighted by molar-refractivity contribution is -0.0191. The van der Waals surface area contributed by atoms with E-state index in [2.05, 4.69) is 23.5 Å². The average molecular weight is 218 g/mol. The zero-order chi connectivity index (χ0) is 8.93. The quantitative estimate of drug-likeness (QED) is 0.705. The fourth-order valence-electron chi connectivity index (χ4n) is 1.90. The Kier molecular flexibility index (Phi) is 4.32. The van der Waals surface area contributed by atoms with Crippen molar-refractivity contribution in [3.63, 3.8) is 0 Å². The number of hydrogen-bond acceptors (Lipinski definition) is 3. The second-order valence-corrected chi connectivity index (χ2v) is 6.21. The first-order valence-electron chi connectivity index (χ1n) is 5.26. The fourth-order valence-corrected chi connectivity index (χ4v) is 4.02. The summed E-state index contributed by atoms with van der Waals surface area (Å²) in [5.74, 6) is 5.25. The number of thioether (sulfide) groups is 2. The number of ether oxygens (including phenoxy) is 1. The van der Waals surface area contributed by atoms with Crippen molar-refractivity contribution in [3.8, 4) is 0 Å². The highest BCUT2D eigenvalue weighted by Gasteiger charge is 2.20. The summed E-state index contributed by atoms with van der Waals surface area (Å²) in [6.07, 6.45) is 6.33. The van der Waals surface area contributed by atoms with Crippen LogP contribution in [0.15, 0.2) is 0 Å². The van der Waals surface area contributed by atoms with Crippen LogP contribution >= 0.6 is 23.5 Å². The Morgan fingerprint density at radius 3 is 1.46 bits per heavy atom.